The zero-order chi connectivity index (χ0) is 11.4. The number of ether oxygens (including phenoxy) is 2. The minimum absolute atomic E-state index is 0. The Morgan fingerprint density at radius 1 is 1.25 bits per heavy atom. The quantitative estimate of drug-likeness (QED) is 0.928. The van der Waals surface area contributed by atoms with Crippen LogP contribution in [-0.2, 0) is 0 Å². The van der Waals surface area contributed by atoms with E-state index in [1.165, 1.54) is 0 Å². The number of hydrogen-bond acceptors (Lipinski definition) is 3. The molecule has 0 amide bonds. The van der Waals surface area contributed by atoms with Gasteiger partial charge in [-0.25, -0.2) is 0 Å². The van der Waals surface area contributed by atoms with Crippen molar-refractivity contribution in [3.63, 3.8) is 0 Å². The Morgan fingerprint density at radius 2 is 1.69 bits per heavy atom. The summed E-state index contributed by atoms with van der Waals surface area (Å²) in [5, 5.41) is 0. The van der Waals surface area contributed by atoms with E-state index < -0.39 is 0 Å². The standard InChI is InChI=1S/C11H16BrNO2.ClH/c1-4-8(13)7-5-9(14-2)11(12)10(6-7)15-3;/h5-6,8H,4,13H2,1-3H3;1H/t8-;/m0./s1. The molecule has 0 fully saturated rings. The van der Waals surface area contributed by atoms with Crippen LogP contribution in [0.1, 0.15) is 24.9 Å². The summed E-state index contributed by atoms with van der Waals surface area (Å²) in [5.41, 5.74) is 6.99. The summed E-state index contributed by atoms with van der Waals surface area (Å²) in [6.45, 7) is 2.05. The largest absolute Gasteiger partial charge is 0.495 e. The van der Waals surface area contributed by atoms with Gasteiger partial charge in [0, 0.05) is 6.04 Å². The van der Waals surface area contributed by atoms with Gasteiger partial charge in [-0.2, -0.15) is 0 Å². The first kappa shape index (κ1) is 15.6. The van der Waals surface area contributed by atoms with Gasteiger partial charge < -0.3 is 15.2 Å². The molecule has 16 heavy (non-hydrogen) atoms. The van der Waals surface area contributed by atoms with Crippen molar-refractivity contribution in [2.45, 2.75) is 19.4 Å². The maximum Gasteiger partial charge on any atom is 0.137 e. The van der Waals surface area contributed by atoms with E-state index in [1.807, 2.05) is 19.1 Å². The predicted octanol–water partition coefficient (Wildman–Crippen LogP) is 3.30. The highest BCUT2D eigenvalue weighted by atomic mass is 79.9. The van der Waals surface area contributed by atoms with Crippen molar-refractivity contribution in [1.29, 1.82) is 0 Å². The van der Waals surface area contributed by atoms with E-state index in [2.05, 4.69) is 15.9 Å². The zero-order valence-corrected chi connectivity index (χ0v) is 12.0. The third-order valence-corrected chi connectivity index (χ3v) is 3.12. The maximum atomic E-state index is 5.97. The molecule has 92 valence electrons. The summed E-state index contributed by atoms with van der Waals surface area (Å²) in [4.78, 5) is 0. The highest BCUT2D eigenvalue weighted by Gasteiger charge is 2.12. The molecule has 5 heteroatoms. The van der Waals surface area contributed by atoms with E-state index in [9.17, 15) is 0 Å². The third kappa shape index (κ3) is 3.27. The van der Waals surface area contributed by atoms with Gasteiger partial charge in [0.15, 0.2) is 0 Å². The highest BCUT2D eigenvalue weighted by Crippen LogP contribution is 2.37. The highest BCUT2D eigenvalue weighted by molar-refractivity contribution is 9.10. The molecule has 1 atom stereocenters. The average Bonchev–Trinajstić information content (AvgIpc) is 2.28. The number of halogens is 2. The number of benzene rings is 1. The van der Waals surface area contributed by atoms with Crippen LogP contribution in [0.5, 0.6) is 11.5 Å². The molecule has 1 aromatic carbocycles. The molecule has 0 unspecified atom stereocenters. The Morgan fingerprint density at radius 3 is 2.00 bits per heavy atom. The monoisotopic (exact) mass is 309 g/mol. The Bertz CT molecular complexity index is 322. The first-order chi connectivity index (χ1) is 7.13. The van der Waals surface area contributed by atoms with Gasteiger partial charge in [-0.3, -0.25) is 0 Å². The Hall–Kier alpha value is -0.450. The predicted molar refractivity (Wildman–Crippen MR) is 71.7 cm³/mol. The van der Waals surface area contributed by atoms with Gasteiger partial charge in [-0.15, -0.1) is 12.4 Å². The van der Waals surface area contributed by atoms with Crippen molar-refractivity contribution in [2.75, 3.05) is 14.2 Å². The summed E-state index contributed by atoms with van der Waals surface area (Å²) in [5.74, 6) is 1.49. The summed E-state index contributed by atoms with van der Waals surface area (Å²) in [6, 6.07) is 3.88. The van der Waals surface area contributed by atoms with E-state index in [0.717, 1.165) is 28.0 Å². The van der Waals surface area contributed by atoms with Crippen LogP contribution >= 0.6 is 28.3 Å². The van der Waals surface area contributed by atoms with Crippen molar-refractivity contribution in [3.8, 4) is 11.5 Å². The van der Waals surface area contributed by atoms with Crippen LogP contribution in [0.4, 0.5) is 0 Å². The van der Waals surface area contributed by atoms with E-state index in [0.29, 0.717) is 0 Å². The summed E-state index contributed by atoms with van der Waals surface area (Å²) >= 11 is 3.42. The molecule has 0 saturated carbocycles. The van der Waals surface area contributed by atoms with E-state index in [4.69, 9.17) is 15.2 Å². The summed E-state index contributed by atoms with van der Waals surface area (Å²) < 4.78 is 11.3. The second kappa shape index (κ2) is 6.99. The SMILES string of the molecule is CC[C@H](N)c1cc(OC)c(Br)c(OC)c1.Cl. The smallest absolute Gasteiger partial charge is 0.137 e. The van der Waals surface area contributed by atoms with Crippen LogP contribution in [0.25, 0.3) is 0 Å². The minimum Gasteiger partial charge on any atom is -0.495 e. The lowest BCUT2D eigenvalue weighted by atomic mass is 10.0. The van der Waals surface area contributed by atoms with Gasteiger partial charge in [0.2, 0.25) is 0 Å². The summed E-state index contributed by atoms with van der Waals surface area (Å²) in [6.07, 6.45) is 0.883. The van der Waals surface area contributed by atoms with Gasteiger partial charge in [0.1, 0.15) is 16.0 Å². The zero-order valence-electron chi connectivity index (χ0n) is 9.62. The lowest BCUT2D eigenvalue weighted by molar-refractivity contribution is 0.387. The van der Waals surface area contributed by atoms with Crippen LogP contribution in [0.3, 0.4) is 0 Å². The fourth-order valence-corrected chi connectivity index (χ4v) is 1.89. The fourth-order valence-electron chi connectivity index (χ4n) is 1.34. The molecule has 0 saturated heterocycles. The summed E-state index contributed by atoms with van der Waals surface area (Å²) in [7, 11) is 3.25. The second-order valence-electron chi connectivity index (χ2n) is 3.25. The fraction of sp³-hybridized carbons (Fsp3) is 0.455. The Labute approximate surface area is 111 Å². The van der Waals surface area contributed by atoms with Crippen LogP contribution in [-0.4, -0.2) is 14.2 Å². The molecule has 0 aliphatic heterocycles. The third-order valence-electron chi connectivity index (χ3n) is 2.34. The van der Waals surface area contributed by atoms with E-state index in [-0.39, 0.29) is 18.4 Å². The molecule has 0 bridgehead atoms. The maximum absolute atomic E-state index is 5.97. The molecule has 0 aliphatic carbocycles. The lowest BCUT2D eigenvalue weighted by Gasteiger charge is -2.14. The lowest BCUT2D eigenvalue weighted by Crippen LogP contribution is -2.09. The van der Waals surface area contributed by atoms with Gasteiger partial charge >= 0.3 is 0 Å². The number of rotatable bonds is 4. The first-order valence-electron chi connectivity index (χ1n) is 4.81. The normalized spacial score (nSPS) is 11.6. The van der Waals surface area contributed by atoms with Crippen molar-refractivity contribution < 1.29 is 9.47 Å². The second-order valence-corrected chi connectivity index (χ2v) is 4.05. The van der Waals surface area contributed by atoms with Gasteiger partial charge in [-0.05, 0) is 40.0 Å². The van der Waals surface area contributed by atoms with Crippen molar-refractivity contribution >= 4 is 28.3 Å². The number of methoxy groups -OCH3 is 2. The molecule has 0 heterocycles. The van der Waals surface area contributed by atoms with E-state index >= 15 is 0 Å². The first-order valence-corrected chi connectivity index (χ1v) is 5.60. The topological polar surface area (TPSA) is 44.5 Å². The molecule has 0 aromatic heterocycles. The van der Waals surface area contributed by atoms with Crippen LogP contribution in [0.2, 0.25) is 0 Å². The Balaban J connectivity index is 0.00000225. The average molecular weight is 311 g/mol. The molecule has 0 spiro atoms. The molecular weight excluding hydrogens is 293 g/mol. The van der Waals surface area contributed by atoms with Crippen LogP contribution in [0.15, 0.2) is 16.6 Å². The van der Waals surface area contributed by atoms with E-state index in [1.54, 1.807) is 14.2 Å². The molecule has 0 aliphatic rings. The molecule has 1 rings (SSSR count). The number of hydrogen-bond donors (Lipinski definition) is 1. The number of nitrogens with two attached hydrogens (primary N) is 1. The molecular formula is C11H17BrClNO2. The van der Waals surface area contributed by atoms with Gasteiger partial charge in [-0.1, -0.05) is 6.92 Å². The Kier molecular flexibility index (Phi) is 6.79. The van der Waals surface area contributed by atoms with Crippen LogP contribution < -0.4 is 15.2 Å². The minimum atomic E-state index is 0. The molecule has 1 aromatic rings. The van der Waals surface area contributed by atoms with Crippen molar-refractivity contribution in [2.24, 2.45) is 5.73 Å². The van der Waals surface area contributed by atoms with Gasteiger partial charge in [0.25, 0.3) is 0 Å². The van der Waals surface area contributed by atoms with Gasteiger partial charge in [0.05, 0.1) is 14.2 Å². The van der Waals surface area contributed by atoms with Crippen LogP contribution in [0, 0.1) is 0 Å². The van der Waals surface area contributed by atoms with Crippen molar-refractivity contribution in [3.05, 3.63) is 22.2 Å². The van der Waals surface area contributed by atoms with Crippen molar-refractivity contribution in [1.82, 2.24) is 0 Å². The molecule has 3 nitrogen and oxygen atoms in total. The molecule has 0 radical (unpaired) electrons. The molecule has 2 N–H and O–H groups in total.